The van der Waals surface area contributed by atoms with Gasteiger partial charge < -0.3 is 14.6 Å². The van der Waals surface area contributed by atoms with Gasteiger partial charge in [-0.15, -0.1) is 0 Å². The van der Waals surface area contributed by atoms with Crippen LogP contribution < -0.4 is 4.74 Å². The number of hydrogen-bond donors (Lipinski definition) is 1. The van der Waals surface area contributed by atoms with Crippen molar-refractivity contribution in [2.75, 3.05) is 7.11 Å². The highest BCUT2D eigenvalue weighted by Crippen LogP contribution is 2.25. The maximum absolute atomic E-state index is 9.57. The molecule has 3 rings (SSSR count). The molecule has 0 atom stereocenters. The summed E-state index contributed by atoms with van der Waals surface area (Å²) in [6.07, 6.45) is 3.31. The molecule has 1 N–H and O–H groups in total. The second-order valence-electron chi connectivity index (χ2n) is 5.06. The topological polar surface area (TPSA) is 46.5 Å². The summed E-state index contributed by atoms with van der Waals surface area (Å²) >= 11 is 0. The third-order valence-electron chi connectivity index (χ3n) is 3.05. The molecule has 0 aliphatic heterocycles. The minimum atomic E-state index is 0.454. The summed E-state index contributed by atoms with van der Waals surface area (Å²) in [5.74, 6) is 1.38. The molecule has 118 valence electrons. The molecule has 0 spiro atoms. The van der Waals surface area contributed by atoms with Crippen LogP contribution in [0.3, 0.4) is 0 Å². The SMILES string of the molecule is CO.Cc1cccc(OCc2ccccc2)c1.O=CC1CC1. The lowest BCUT2D eigenvalue weighted by atomic mass is 10.2. The molecule has 2 aromatic carbocycles. The Morgan fingerprint density at radius 2 is 1.77 bits per heavy atom. The van der Waals surface area contributed by atoms with Gasteiger partial charge in [0.05, 0.1) is 0 Å². The summed E-state index contributed by atoms with van der Waals surface area (Å²) in [6.45, 7) is 2.69. The molecular weight excluding hydrogens is 276 g/mol. The van der Waals surface area contributed by atoms with Gasteiger partial charge in [-0.25, -0.2) is 0 Å². The number of ether oxygens (including phenoxy) is 1. The smallest absolute Gasteiger partial charge is 0.123 e. The van der Waals surface area contributed by atoms with E-state index >= 15 is 0 Å². The number of carbonyl (C=O) groups is 1. The third kappa shape index (κ3) is 7.60. The molecular formula is C19H24O3. The zero-order valence-corrected chi connectivity index (χ0v) is 13.2. The van der Waals surface area contributed by atoms with E-state index < -0.39 is 0 Å². The van der Waals surface area contributed by atoms with Crippen molar-refractivity contribution in [1.29, 1.82) is 0 Å². The number of aliphatic hydroxyl groups is 1. The van der Waals surface area contributed by atoms with Crippen LogP contribution in [0.4, 0.5) is 0 Å². The Balaban J connectivity index is 0.000000289. The van der Waals surface area contributed by atoms with Crippen LogP contribution in [-0.2, 0) is 11.4 Å². The monoisotopic (exact) mass is 300 g/mol. The Labute approximate surface area is 132 Å². The number of hydrogen-bond acceptors (Lipinski definition) is 3. The van der Waals surface area contributed by atoms with Crippen molar-refractivity contribution >= 4 is 6.29 Å². The van der Waals surface area contributed by atoms with Crippen LogP contribution in [0.15, 0.2) is 54.6 Å². The van der Waals surface area contributed by atoms with Crippen molar-refractivity contribution in [3.05, 3.63) is 65.7 Å². The predicted molar refractivity (Wildman–Crippen MR) is 88.9 cm³/mol. The lowest BCUT2D eigenvalue weighted by Gasteiger charge is -2.06. The number of aldehydes is 1. The van der Waals surface area contributed by atoms with E-state index in [9.17, 15) is 4.79 Å². The first-order valence-electron chi connectivity index (χ1n) is 7.41. The van der Waals surface area contributed by atoms with E-state index in [1.807, 2.05) is 36.4 Å². The summed E-state index contributed by atoms with van der Waals surface area (Å²) in [5, 5.41) is 7.00. The summed E-state index contributed by atoms with van der Waals surface area (Å²) in [6, 6.07) is 18.3. The van der Waals surface area contributed by atoms with Crippen molar-refractivity contribution in [2.24, 2.45) is 5.92 Å². The Bertz CT molecular complexity index is 533. The number of aliphatic hydroxyl groups excluding tert-OH is 1. The zero-order valence-electron chi connectivity index (χ0n) is 13.2. The zero-order chi connectivity index (χ0) is 16.2. The summed E-state index contributed by atoms with van der Waals surface area (Å²) in [4.78, 5) is 9.57. The van der Waals surface area contributed by atoms with Crippen molar-refractivity contribution in [1.82, 2.24) is 0 Å². The molecule has 1 aliphatic rings. The molecule has 22 heavy (non-hydrogen) atoms. The number of carbonyl (C=O) groups excluding carboxylic acids is 1. The average Bonchev–Trinajstić information content (AvgIpc) is 3.41. The molecule has 0 bridgehead atoms. The molecule has 3 nitrogen and oxygen atoms in total. The molecule has 0 unspecified atom stereocenters. The molecule has 0 amide bonds. The lowest BCUT2D eigenvalue weighted by molar-refractivity contribution is -0.108. The Hall–Kier alpha value is -2.13. The van der Waals surface area contributed by atoms with Crippen LogP contribution in [-0.4, -0.2) is 18.5 Å². The van der Waals surface area contributed by atoms with Crippen LogP contribution in [0.1, 0.15) is 24.0 Å². The van der Waals surface area contributed by atoms with Crippen molar-refractivity contribution in [2.45, 2.75) is 26.4 Å². The van der Waals surface area contributed by atoms with Gasteiger partial charge in [0.1, 0.15) is 18.6 Å². The standard InChI is InChI=1S/C14H14O.C4H6O.CH4O/c1-12-6-5-9-14(10-12)15-11-13-7-3-2-4-8-13;5-3-4-1-2-4;1-2/h2-10H,11H2,1H3;3-4H,1-2H2;2H,1H3. The largest absolute Gasteiger partial charge is 0.489 e. The van der Waals surface area contributed by atoms with E-state index in [4.69, 9.17) is 9.84 Å². The van der Waals surface area contributed by atoms with Gasteiger partial charge in [0.25, 0.3) is 0 Å². The lowest BCUT2D eigenvalue weighted by Crippen LogP contribution is -1.94. The Morgan fingerprint density at radius 3 is 2.27 bits per heavy atom. The molecule has 1 saturated carbocycles. The molecule has 0 aromatic heterocycles. The van der Waals surface area contributed by atoms with Crippen LogP contribution in [0.5, 0.6) is 5.75 Å². The first-order valence-corrected chi connectivity index (χ1v) is 7.41. The Morgan fingerprint density at radius 1 is 1.09 bits per heavy atom. The highest BCUT2D eigenvalue weighted by atomic mass is 16.5. The van der Waals surface area contributed by atoms with E-state index in [1.54, 1.807) is 0 Å². The van der Waals surface area contributed by atoms with Gasteiger partial charge in [-0.2, -0.15) is 0 Å². The summed E-state index contributed by atoms with van der Waals surface area (Å²) in [7, 11) is 1.00. The second kappa shape index (κ2) is 10.6. The quantitative estimate of drug-likeness (QED) is 0.874. The molecule has 0 radical (unpaired) electrons. The first kappa shape index (κ1) is 17.9. The highest BCUT2D eigenvalue weighted by molar-refractivity contribution is 5.56. The predicted octanol–water partition coefficient (Wildman–Crippen LogP) is 3.78. The molecule has 1 fully saturated rings. The molecule has 3 heteroatoms. The molecule has 0 saturated heterocycles. The minimum Gasteiger partial charge on any atom is -0.489 e. The number of rotatable bonds is 4. The maximum Gasteiger partial charge on any atom is 0.123 e. The van der Waals surface area contributed by atoms with Crippen molar-refractivity contribution in [3.63, 3.8) is 0 Å². The van der Waals surface area contributed by atoms with E-state index in [0.717, 1.165) is 32.0 Å². The van der Waals surface area contributed by atoms with Crippen LogP contribution in [0, 0.1) is 12.8 Å². The Kier molecular flexibility index (Phi) is 8.61. The minimum absolute atomic E-state index is 0.454. The van der Waals surface area contributed by atoms with Gasteiger partial charge in [0, 0.05) is 13.0 Å². The fourth-order valence-electron chi connectivity index (χ4n) is 1.68. The van der Waals surface area contributed by atoms with Gasteiger partial charge in [-0.1, -0.05) is 42.5 Å². The normalized spacial score (nSPS) is 12.1. The molecule has 1 aliphatic carbocycles. The van der Waals surface area contributed by atoms with Crippen LogP contribution in [0.2, 0.25) is 0 Å². The number of benzene rings is 2. The van der Waals surface area contributed by atoms with Gasteiger partial charge in [-0.3, -0.25) is 0 Å². The van der Waals surface area contributed by atoms with Crippen molar-refractivity contribution < 1.29 is 14.6 Å². The number of aryl methyl sites for hydroxylation is 1. The summed E-state index contributed by atoms with van der Waals surface area (Å²) < 4.78 is 5.67. The highest BCUT2D eigenvalue weighted by Gasteiger charge is 2.18. The van der Waals surface area contributed by atoms with E-state index in [0.29, 0.717) is 12.5 Å². The van der Waals surface area contributed by atoms with Gasteiger partial charge in [0.2, 0.25) is 0 Å². The fraction of sp³-hybridized carbons (Fsp3) is 0.316. The maximum atomic E-state index is 9.57. The van der Waals surface area contributed by atoms with E-state index in [-0.39, 0.29) is 0 Å². The van der Waals surface area contributed by atoms with Gasteiger partial charge in [-0.05, 0) is 43.0 Å². The van der Waals surface area contributed by atoms with Gasteiger partial charge >= 0.3 is 0 Å². The molecule has 0 heterocycles. The fourth-order valence-corrected chi connectivity index (χ4v) is 1.68. The third-order valence-corrected chi connectivity index (χ3v) is 3.05. The average molecular weight is 300 g/mol. The van der Waals surface area contributed by atoms with E-state index in [1.165, 1.54) is 11.1 Å². The van der Waals surface area contributed by atoms with Crippen LogP contribution >= 0.6 is 0 Å². The van der Waals surface area contributed by atoms with Crippen molar-refractivity contribution in [3.8, 4) is 5.75 Å². The first-order chi connectivity index (χ1) is 10.8. The van der Waals surface area contributed by atoms with Gasteiger partial charge in [0.15, 0.2) is 0 Å². The van der Waals surface area contributed by atoms with E-state index in [2.05, 4.69) is 25.1 Å². The van der Waals surface area contributed by atoms with Crippen LogP contribution in [0.25, 0.3) is 0 Å². The second-order valence-corrected chi connectivity index (χ2v) is 5.06. The molecule has 2 aromatic rings. The summed E-state index contributed by atoms with van der Waals surface area (Å²) in [5.41, 5.74) is 2.42.